The summed E-state index contributed by atoms with van der Waals surface area (Å²) in [6.07, 6.45) is 0. The van der Waals surface area contributed by atoms with Crippen LogP contribution in [-0.2, 0) is 89.5 Å². The van der Waals surface area contributed by atoms with E-state index in [1.807, 2.05) is 28.2 Å². The zero-order chi connectivity index (χ0) is 18.3. The Morgan fingerprint density at radius 2 is 0.833 bits per heavy atom. The van der Waals surface area contributed by atoms with Crippen molar-refractivity contribution in [2.75, 3.05) is 41.3 Å². The van der Waals surface area contributed by atoms with Gasteiger partial charge in [0, 0.05) is 41.3 Å². The zero-order valence-electron chi connectivity index (χ0n) is 14.0. The molecule has 24 heavy (non-hydrogen) atoms. The Kier molecular flexibility index (Phi) is 37.6. The molecule has 0 aromatic rings. The van der Waals surface area contributed by atoms with Gasteiger partial charge in [-0.25, -0.2) is 0 Å². The first-order valence-corrected chi connectivity index (χ1v) is 8.84. The van der Waals surface area contributed by atoms with E-state index in [9.17, 15) is 0 Å². The van der Waals surface area contributed by atoms with Gasteiger partial charge in [0.25, 0.3) is 0 Å². The van der Waals surface area contributed by atoms with Crippen LogP contribution in [0.5, 0.6) is 0 Å². The van der Waals surface area contributed by atoms with Crippen LogP contribution in [0.2, 0.25) is 0 Å². The number of rotatable bonds is 3. The average Bonchev–Trinajstić information content (AvgIpc) is 2.35. The van der Waals surface area contributed by atoms with Crippen LogP contribution in [0.4, 0.5) is 0 Å². The molecule has 2 N–H and O–H groups in total. The van der Waals surface area contributed by atoms with E-state index in [0.717, 1.165) is 0 Å². The molecular weight excluding hydrogens is 563 g/mol. The molecule has 0 radical (unpaired) electrons. The average molecular weight is 582 g/mol. The van der Waals surface area contributed by atoms with Crippen molar-refractivity contribution >= 4 is 117 Å². The summed E-state index contributed by atoms with van der Waals surface area (Å²) in [7, 11) is 7.31. The normalized spacial score (nSPS) is 7.33. The molecule has 0 atom stereocenters. The maximum absolute atomic E-state index is 4.59. The SMILES string of the molecule is CN(C)C(=S)[S-].CN(C)C(=S)[S-].S=C([S-])NCCNC(=S)[S-].[Zn+2].[Zn+2]. The molecule has 0 aliphatic rings. The molecule has 0 heterocycles. The molecule has 0 saturated carbocycles. The molecule has 0 rings (SSSR count). The van der Waals surface area contributed by atoms with E-state index in [0.29, 0.717) is 30.4 Å². The van der Waals surface area contributed by atoms with Crippen LogP contribution >= 0.6 is 48.9 Å². The van der Waals surface area contributed by atoms with Crippen LogP contribution in [0.15, 0.2) is 0 Å². The molecule has 4 nitrogen and oxygen atoms in total. The van der Waals surface area contributed by atoms with Gasteiger partial charge in [-0.2, -0.15) is 0 Å². The zero-order valence-corrected chi connectivity index (χ0v) is 26.5. The van der Waals surface area contributed by atoms with Crippen LogP contribution in [-0.4, -0.2) is 68.4 Å². The number of hydrogen-bond donors (Lipinski definition) is 2. The fourth-order valence-electron chi connectivity index (χ4n) is 0.329. The van der Waals surface area contributed by atoms with Crippen LogP contribution in [0.3, 0.4) is 0 Å². The minimum Gasteiger partial charge on any atom is -0.412 e. The van der Waals surface area contributed by atoms with E-state index in [-0.39, 0.29) is 39.0 Å². The van der Waals surface area contributed by atoms with Gasteiger partial charge in [-0.1, -0.05) is 17.3 Å². The molecule has 0 aromatic heterocycles. The van der Waals surface area contributed by atoms with Crippen molar-refractivity contribution in [3.05, 3.63) is 0 Å². The van der Waals surface area contributed by atoms with Crippen LogP contribution in [0.25, 0.3) is 0 Å². The topological polar surface area (TPSA) is 30.5 Å². The molecule has 0 saturated heterocycles. The van der Waals surface area contributed by atoms with Gasteiger partial charge < -0.3 is 120 Å². The summed E-state index contributed by atoms with van der Waals surface area (Å²) in [6, 6.07) is 0. The Morgan fingerprint density at radius 3 is 0.917 bits per heavy atom. The Hall–Kier alpha value is 1.69. The first kappa shape index (κ1) is 36.6. The number of nitrogens with one attached hydrogen (secondary N) is 2. The second-order valence-electron chi connectivity index (χ2n) is 3.75. The Bertz CT molecular complexity index is 335. The molecule has 14 heteroatoms. The summed E-state index contributed by atoms with van der Waals surface area (Å²) < 4.78 is 1.76. The summed E-state index contributed by atoms with van der Waals surface area (Å²) in [6.45, 7) is 1.33. The van der Waals surface area contributed by atoms with Crippen molar-refractivity contribution < 1.29 is 39.0 Å². The van der Waals surface area contributed by atoms with E-state index < -0.39 is 0 Å². The third-order valence-corrected chi connectivity index (χ3v) is 3.43. The molecule has 0 bridgehead atoms. The third-order valence-electron chi connectivity index (χ3n) is 1.39. The molecule has 0 aliphatic heterocycles. The predicted molar refractivity (Wildman–Crippen MR) is 123 cm³/mol. The van der Waals surface area contributed by atoms with Gasteiger partial charge in [-0.15, -0.1) is 0 Å². The van der Waals surface area contributed by atoms with E-state index in [2.05, 4.69) is 110 Å². The minimum absolute atomic E-state index is 0. The Morgan fingerprint density at radius 1 is 0.667 bits per heavy atom. The third kappa shape index (κ3) is 43.8. The van der Waals surface area contributed by atoms with E-state index in [1.54, 1.807) is 9.80 Å². The molecule has 0 fully saturated rings. The number of nitrogens with zero attached hydrogens (tertiary/aromatic N) is 2. The maximum Gasteiger partial charge on any atom is 2.00 e. The van der Waals surface area contributed by atoms with Gasteiger partial charge >= 0.3 is 39.0 Å². The molecule has 0 aromatic carbocycles. The fraction of sp³-hybridized carbons (Fsp3) is 0.600. The second kappa shape index (κ2) is 24.7. The van der Waals surface area contributed by atoms with Gasteiger partial charge in [-0.05, 0) is 0 Å². The first-order chi connectivity index (χ1) is 9.91. The summed E-state index contributed by atoms with van der Waals surface area (Å²) >= 11 is 36.6. The summed E-state index contributed by atoms with van der Waals surface area (Å²) in [4.78, 5) is 3.43. The molecule has 0 aliphatic carbocycles. The standard InChI is InChI=1S/C4H8N2S4.2C3H7NS2.2Zn/c7-3(8)5-1-2-6-4(9)10;2*1-4(2)3(5)6;;/h1-2H2,(H2,5,7,8)(H2,6,9,10);2*1-2H3,(H,5,6);;/q;;;2*+2/p-4. The summed E-state index contributed by atoms with van der Waals surface area (Å²) in [5, 5.41) is 5.56. The largest absolute Gasteiger partial charge is 2.00 e. The van der Waals surface area contributed by atoms with Crippen molar-refractivity contribution in [2.45, 2.75) is 0 Å². The maximum atomic E-state index is 4.59. The first-order valence-electron chi connectivity index (χ1n) is 5.58. The van der Waals surface area contributed by atoms with Crippen molar-refractivity contribution in [3.63, 3.8) is 0 Å². The van der Waals surface area contributed by atoms with Crippen LogP contribution in [0.1, 0.15) is 0 Å². The van der Waals surface area contributed by atoms with Gasteiger partial charge in [0.1, 0.15) is 0 Å². The van der Waals surface area contributed by atoms with Crippen molar-refractivity contribution in [3.8, 4) is 0 Å². The van der Waals surface area contributed by atoms with Crippen molar-refractivity contribution in [1.29, 1.82) is 0 Å². The van der Waals surface area contributed by atoms with Gasteiger partial charge in [-0.3, -0.25) is 0 Å². The van der Waals surface area contributed by atoms with Gasteiger partial charge in [0.15, 0.2) is 0 Å². The van der Waals surface area contributed by atoms with Crippen molar-refractivity contribution in [2.24, 2.45) is 0 Å². The van der Waals surface area contributed by atoms with E-state index in [1.165, 1.54) is 0 Å². The molecule has 0 amide bonds. The Labute approximate surface area is 214 Å². The van der Waals surface area contributed by atoms with Crippen molar-refractivity contribution in [1.82, 2.24) is 20.4 Å². The Balaban J connectivity index is -0.0000000759. The molecule has 0 unspecified atom stereocenters. The summed E-state index contributed by atoms with van der Waals surface area (Å²) in [5.74, 6) is 0. The fourth-order valence-corrected chi connectivity index (χ4v) is 0.737. The smallest absolute Gasteiger partial charge is 0.412 e. The molecule has 0 spiro atoms. The quantitative estimate of drug-likeness (QED) is 0.212. The monoisotopic (exact) mass is 578 g/mol. The van der Waals surface area contributed by atoms with E-state index >= 15 is 0 Å². The van der Waals surface area contributed by atoms with Crippen LogP contribution in [0, 0.1) is 0 Å². The van der Waals surface area contributed by atoms with E-state index in [4.69, 9.17) is 0 Å². The van der Waals surface area contributed by atoms with Gasteiger partial charge in [0.2, 0.25) is 0 Å². The summed E-state index contributed by atoms with van der Waals surface area (Å²) in [5.41, 5.74) is 0. The van der Waals surface area contributed by atoms with Gasteiger partial charge in [0.05, 0.1) is 0 Å². The minimum atomic E-state index is 0. The number of thiocarbonyl (C=S) groups is 4. The molecular formula is C10H18N4S8Zn2. The number of hydrogen-bond acceptors (Lipinski definition) is 8. The second-order valence-corrected chi connectivity index (χ2v) is 7.96. The predicted octanol–water partition coefficient (Wildman–Crippen LogP) is 0.584. The molecule has 130 valence electrons. The van der Waals surface area contributed by atoms with Crippen LogP contribution < -0.4 is 10.6 Å².